The monoisotopic (exact) mass is 669 g/mol. The minimum Gasteiger partial charge on any atom is -0.463 e. The summed E-state index contributed by atoms with van der Waals surface area (Å²) >= 11 is 0. The average Bonchev–Trinajstić information content (AvgIpc) is 3.81. The molecule has 6 rings (SSSR count). The van der Waals surface area contributed by atoms with Gasteiger partial charge in [0.1, 0.15) is 0 Å². The number of epoxide rings is 1. The Morgan fingerprint density at radius 2 is 1.71 bits per heavy atom. The van der Waals surface area contributed by atoms with Crippen LogP contribution in [0, 0.1) is 35.0 Å². The predicted octanol–water partition coefficient (Wildman–Crippen LogP) is 5.12. The van der Waals surface area contributed by atoms with Crippen LogP contribution in [0.2, 0.25) is 0 Å². The number of aliphatic hydroxyl groups excluding tert-OH is 1. The van der Waals surface area contributed by atoms with Crippen LogP contribution >= 0.6 is 0 Å². The second kappa shape index (κ2) is 14.9. The Morgan fingerprint density at radius 1 is 0.979 bits per heavy atom. The SMILES string of the molecule is CCN[C@H]1CC[C@H](CC)C[C@H]1COC(=O)[C@]12O[C@@]1(CC(CO)=C(C)CC1(C3CCNC(N)C3)CCCCC1)C(=O)C1CCCCC1C2=O. The highest BCUT2D eigenvalue weighted by atomic mass is 16.7. The standard InChI is InChI=1S/C39H63N3O6/c1-4-26-13-14-32(41-5-2)27(19-26)24-47-36(46)39-35(45)31-12-8-7-11-30(31)34(44)38(39,48-39)22-28(23-43)25(3)21-37(16-9-6-10-17-37)29-15-18-42-33(40)20-29/h26-27,29-33,41-43H,4-24,40H2,1-3H3/t26-,27-,29?,30?,31?,32-,33?,38-,39-/m0/s1. The van der Waals surface area contributed by atoms with Crippen molar-refractivity contribution in [2.24, 2.45) is 40.7 Å². The summed E-state index contributed by atoms with van der Waals surface area (Å²) in [5.41, 5.74) is 4.79. The minimum absolute atomic E-state index is 0.00153. The Kier molecular flexibility index (Phi) is 11.2. The second-order valence-electron chi connectivity index (χ2n) is 16.5. The van der Waals surface area contributed by atoms with Gasteiger partial charge in [0.25, 0.3) is 5.60 Å². The predicted molar refractivity (Wildman–Crippen MR) is 185 cm³/mol. The third kappa shape index (κ3) is 6.49. The fourth-order valence-electron chi connectivity index (χ4n) is 11.1. The summed E-state index contributed by atoms with van der Waals surface area (Å²) in [6.45, 7) is 8.13. The molecule has 9 heteroatoms. The van der Waals surface area contributed by atoms with Gasteiger partial charge in [-0.05, 0) is 107 Å². The van der Waals surface area contributed by atoms with Gasteiger partial charge in [-0.15, -0.1) is 0 Å². The highest BCUT2D eigenvalue weighted by Crippen LogP contribution is 2.62. The fraction of sp³-hybridized carbons (Fsp3) is 0.872. The van der Waals surface area contributed by atoms with Gasteiger partial charge in [0.15, 0.2) is 17.2 Å². The van der Waals surface area contributed by atoms with Crippen LogP contribution in [0.4, 0.5) is 0 Å². The summed E-state index contributed by atoms with van der Waals surface area (Å²) in [4.78, 5) is 43.1. The van der Waals surface area contributed by atoms with E-state index in [1.54, 1.807) is 0 Å². The average molecular weight is 670 g/mol. The van der Waals surface area contributed by atoms with Crippen LogP contribution in [-0.4, -0.2) is 72.4 Å². The van der Waals surface area contributed by atoms with Crippen LogP contribution in [0.1, 0.15) is 130 Å². The van der Waals surface area contributed by atoms with E-state index in [0.717, 1.165) is 94.9 Å². The van der Waals surface area contributed by atoms with E-state index in [1.807, 2.05) is 0 Å². The lowest BCUT2D eigenvalue weighted by molar-refractivity contribution is -0.160. The second-order valence-corrected chi connectivity index (χ2v) is 16.5. The van der Waals surface area contributed by atoms with Crippen molar-refractivity contribution in [1.29, 1.82) is 0 Å². The van der Waals surface area contributed by atoms with Crippen molar-refractivity contribution < 1.29 is 29.0 Å². The van der Waals surface area contributed by atoms with Crippen LogP contribution in [-0.2, 0) is 23.9 Å². The van der Waals surface area contributed by atoms with Gasteiger partial charge in [-0.1, -0.05) is 57.9 Å². The van der Waals surface area contributed by atoms with Crippen molar-refractivity contribution in [1.82, 2.24) is 10.6 Å². The number of carbonyl (C=O) groups is 3. The topological polar surface area (TPSA) is 143 Å². The zero-order valence-corrected chi connectivity index (χ0v) is 30.0. The first kappa shape index (κ1) is 36.2. The highest BCUT2D eigenvalue weighted by Gasteiger charge is 2.87. The van der Waals surface area contributed by atoms with Crippen LogP contribution in [0.25, 0.3) is 0 Å². The molecule has 4 saturated carbocycles. The molecule has 0 aromatic heterocycles. The number of carbonyl (C=O) groups excluding carboxylic acids is 3. The first-order valence-corrected chi connectivity index (χ1v) is 19.6. The van der Waals surface area contributed by atoms with Gasteiger partial charge in [0.2, 0.25) is 0 Å². The summed E-state index contributed by atoms with van der Waals surface area (Å²) in [5, 5.41) is 17.9. The molecule has 0 radical (unpaired) electrons. The third-order valence-electron chi connectivity index (χ3n) is 13.9. The van der Waals surface area contributed by atoms with Crippen LogP contribution in [0.15, 0.2) is 11.1 Å². The van der Waals surface area contributed by atoms with E-state index in [-0.39, 0.29) is 54.7 Å². The van der Waals surface area contributed by atoms with Crippen molar-refractivity contribution in [2.45, 2.75) is 153 Å². The molecule has 4 aliphatic carbocycles. The number of nitrogens with two attached hydrogens (primary N) is 1. The van der Waals surface area contributed by atoms with Gasteiger partial charge in [0, 0.05) is 30.2 Å². The molecule has 2 saturated heterocycles. The molecule has 9 atom stereocenters. The molecule has 6 aliphatic rings. The molecule has 9 nitrogen and oxygen atoms in total. The van der Waals surface area contributed by atoms with Crippen molar-refractivity contribution in [3.8, 4) is 0 Å². The number of allylic oxidation sites excluding steroid dienone is 1. The molecule has 2 heterocycles. The molecule has 0 amide bonds. The number of ketones is 2. The number of nitrogens with one attached hydrogen (secondary N) is 2. The van der Waals surface area contributed by atoms with Gasteiger partial charge in [0.05, 0.1) is 19.4 Å². The zero-order chi connectivity index (χ0) is 34.1. The quantitative estimate of drug-likeness (QED) is 0.0963. The fourth-order valence-corrected chi connectivity index (χ4v) is 11.1. The number of piperidine rings is 1. The Hall–Kier alpha value is -1.65. The van der Waals surface area contributed by atoms with Crippen LogP contribution in [0.3, 0.4) is 0 Å². The molecule has 2 aliphatic heterocycles. The van der Waals surface area contributed by atoms with Crippen molar-refractivity contribution in [3.63, 3.8) is 0 Å². The van der Waals surface area contributed by atoms with Gasteiger partial charge in [-0.3, -0.25) is 9.59 Å². The maximum atomic E-state index is 14.5. The normalized spacial score (nSPS) is 40.0. The van der Waals surface area contributed by atoms with Gasteiger partial charge in [-0.2, -0.15) is 0 Å². The highest BCUT2D eigenvalue weighted by molar-refractivity contribution is 6.23. The number of rotatable bonds is 12. The molecule has 4 unspecified atom stereocenters. The van der Waals surface area contributed by atoms with Crippen molar-refractivity contribution >= 4 is 17.5 Å². The van der Waals surface area contributed by atoms with E-state index in [0.29, 0.717) is 24.7 Å². The molecule has 0 aromatic rings. The Balaban J connectivity index is 1.27. The van der Waals surface area contributed by atoms with Gasteiger partial charge >= 0.3 is 5.97 Å². The van der Waals surface area contributed by atoms with Crippen LogP contribution < -0.4 is 16.4 Å². The third-order valence-corrected chi connectivity index (χ3v) is 13.9. The van der Waals surface area contributed by atoms with E-state index in [4.69, 9.17) is 15.2 Å². The van der Waals surface area contributed by atoms with E-state index in [9.17, 15) is 19.5 Å². The largest absolute Gasteiger partial charge is 0.463 e. The number of esters is 1. The molecule has 5 N–H and O–H groups in total. The molecule has 48 heavy (non-hydrogen) atoms. The Bertz CT molecular complexity index is 1230. The first-order chi connectivity index (χ1) is 23.1. The minimum atomic E-state index is -1.90. The lowest BCUT2D eigenvalue weighted by Gasteiger charge is -2.47. The number of ether oxygens (including phenoxy) is 2. The van der Waals surface area contributed by atoms with E-state index in [1.165, 1.54) is 19.3 Å². The molecule has 270 valence electrons. The Morgan fingerprint density at radius 3 is 2.38 bits per heavy atom. The molecular formula is C39H63N3O6. The number of fused-ring (bicyclic) bond motifs is 2. The molecule has 0 bridgehead atoms. The molecule has 0 spiro atoms. The van der Waals surface area contributed by atoms with Crippen LogP contribution in [0.5, 0.6) is 0 Å². The summed E-state index contributed by atoms with van der Waals surface area (Å²) in [6.07, 6.45) is 16.1. The van der Waals surface area contributed by atoms with E-state index >= 15 is 0 Å². The maximum Gasteiger partial charge on any atom is 0.350 e. The number of aliphatic hydroxyl groups is 1. The number of hydrogen-bond donors (Lipinski definition) is 4. The summed E-state index contributed by atoms with van der Waals surface area (Å²) < 4.78 is 12.4. The van der Waals surface area contributed by atoms with Crippen molar-refractivity contribution in [2.75, 3.05) is 26.3 Å². The molecular weight excluding hydrogens is 606 g/mol. The van der Waals surface area contributed by atoms with Gasteiger partial charge in [-0.25, -0.2) is 4.79 Å². The van der Waals surface area contributed by atoms with E-state index < -0.39 is 29.0 Å². The lowest BCUT2D eigenvalue weighted by atomic mass is 9.59. The summed E-state index contributed by atoms with van der Waals surface area (Å²) in [5.74, 6) is -0.788. The summed E-state index contributed by atoms with van der Waals surface area (Å²) in [7, 11) is 0. The Labute approximate surface area is 288 Å². The number of hydrogen-bond acceptors (Lipinski definition) is 9. The van der Waals surface area contributed by atoms with E-state index in [2.05, 4.69) is 31.4 Å². The molecule has 0 aromatic carbocycles. The molecule has 6 fully saturated rings. The summed E-state index contributed by atoms with van der Waals surface area (Å²) in [6, 6.07) is 0.257. The van der Waals surface area contributed by atoms with Gasteiger partial charge < -0.3 is 30.9 Å². The lowest BCUT2D eigenvalue weighted by Crippen LogP contribution is -2.58. The first-order valence-electron chi connectivity index (χ1n) is 19.6. The number of Topliss-reactive ketones (excluding diaryl/α,β-unsaturated/α-hetero) is 2. The van der Waals surface area contributed by atoms with Crippen molar-refractivity contribution in [3.05, 3.63) is 11.1 Å². The smallest absolute Gasteiger partial charge is 0.350 e. The zero-order valence-electron chi connectivity index (χ0n) is 30.0. The maximum absolute atomic E-state index is 14.5.